The first kappa shape index (κ1) is 40.7. The number of ether oxygens (including phenoxy) is 1. The maximum atomic E-state index is 14.7. The van der Waals surface area contributed by atoms with E-state index >= 15 is 0 Å². The number of carbonyl (C=O) groups excluding carboxylic acids is 4. The van der Waals surface area contributed by atoms with Gasteiger partial charge in [0.25, 0.3) is 0 Å². The Morgan fingerprint density at radius 3 is 1.97 bits per heavy atom. The van der Waals surface area contributed by atoms with E-state index in [1.54, 1.807) is 4.90 Å². The Morgan fingerprint density at radius 1 is 0.759 bits per heavy atom. The van der Waals surface area contributed by atoms with Gasteiger partial charge in [0, 0.05) is 12.5 Å². The van der Waals surface area contributed by atoms with Crippen LogP contribution in [-0.4, -0.2) is 53.4 Å². The summed E-state index contributed by atoms with van der Waals surface area (Å²) in [5.74, 6) is -0.839. The summed E-state index contributed by atoms with van der Waals surface area (Å²) in [4.78, 5) is 57.1. The first-order valence-corrected chi connectivity index (χ1v) is 20.8. The zero-order valence-corrected chi connectivity index (χ0v) is 33.9. The van der Waals surface area contributed by atoms with Crippen molar-refractivity contribution in [2.75, 3.05) is 6.54 Å². The SMILES string of the molecule is CC(C)(C)C(NC(=O)OCc1ccccc1)C(=O)N1C[C@@H](c2ccc(C[C@H](N)C(=O)N[C@@H]3CCCc4ccccc43)cc2)C[C@H]1C(=O)N[C@@H]1CCCc2ccccc21. The van der Waals surface area contributed by atoms with Crippen LogP contribution in [0.5, 0.6) is 0 Å². The van der Waals surface area contributed by atoms with Gasteiger partial charge in [0.05, 0.1) is 18.1 Å². The summed E-state index contributed by atoms with van der Waals surface area (Å²) in [6.45, 7) is 6.05. The normalized spacial score (nSPS) is 21.1. The summed E-state index contributed by atoms with van der Waals surface area (Å²) < 4.78 is 5.54. The molecule has 0 saturated carbocycles. The number of rotatable bonds is 11. The molecule has 4 aromatic rings. The lowest BCUT2D eigenvalue weighted by Gasteiger charge is -2.36. The van der Waals surface area contributed by atoms with E-state index in [-0.39, 0.29) is 42.3 Å². The van der Waals surface area contributed by atoms with Crippen molar-refractivity contribution in [2.24, 2.45) is 11.1 Å². The zero-order chi connectivity index (χ0) is 40.8. The Balaban J connectivity index is 1.06. The molecule has 304 valence electrons. The van der Waals surface area contributed by atoms with E-state index in [9.17, 15) is 19.2 Å². The minimum Gasteiger partial charge on any atom is -0.445 e. The Hall–Kier alpha value is -5.48. The summed E-state index contributed by atoms with van der Waals surface area (Å²) in [5.41, 5.74) is 13.3. The van der Waals surface area contributed by atoms with Gasteiger partial charge in [-0.3, -0.25) is 14.4 Å². The van der Waals surface area contributed by atoms with Crippen LogP contribution < -0.4 is 21.7 Å². The van der Waals surface area contributed by atoms with Gasteiger partial charge >= 0.3 is 6.09 Å². The van der Waals surface area contributed by atoms with Crippen LogP contribution in [0.15, 0.2) is 103 Å². The molecule has 5 N–H and O–H groups in total. The maximum absolute atomic E-state index is 14.7. The van der Waals surface area contributed by atoms with E-state index in [1.807, 2.05) is 99.6 Å². The molecule has 1 heterocycles. The number of fused-ring (bicyclic) bond motifs is 2. The van der Waals surface area contributed by atoms with E-state index in [4.69, 9.17) is 10.5 Å². The number of benzene rings is 4. The van der Waals surface area contributed by atoms with Gasteiger partial charge in [-0.2, -0.15) is 0 Å². The number of aryl methyl sites for hydroxylation is 2. The Kier molecular flexibility index (Phi) is 12.6. The molecule has 0 bridgehead atoms. The zero-order valence-electron chi connectivity index (χ0n) is 33.9. The average molecular weight is 784 g/mol. The van der Waals surface area contributed by atoms with Crippen LogP contribution >= 0.6 is 0 Å². The molecule has 2 aliphatic carbocycles. The fourth-order valence-electron chi connectivity index (χ4n) is 8.89. The topological polar surface area (TPSA) is 143 Å². The molecule has 0 radical (unpaired) electrons. The molecule has 10 nitrogen and oxygen atoms in total. The number of hydrogen-bond donors (Lipinski definition) is 4. The molecule has 1 aliphatic heterocycles. The highest BCUT2D eigenvalue weighted by Gasteiger charge is 2.46. The van der Waals surface area contributed by atoms with Gasteiger partial charge in [-0.05, 0) is 95.7 Å². The fraction of sp³-hybridized carbons (Fsp3) is 0.417. The molecule has 3 aliphatic rings. The number of nitrogens with zero attached hydrogens (tertiary/aromatic N) is 1. The highest BCUT2D eigenvalue weighted by atomic mass is 16.5. The predicted octanol–water partition coefficient (Wildman–Crippen LogP) is 6.97. The quantitative estimate of drug-likeness (QED) is 0.130. The van der Waals surface area contributed by atoms with Crippen molar-refractivity contribution >= 4 is 23.8 Å². The number of nitrogens with two attached hydrogens (primary N) is 1. The van der Waals surface area contributed by atoms with Crippen LogP contribution in [-0.2, 0) is 45.0 Å². The fourth-order valence-corrected chi connectivity index (χ4v) is 8.89. The summed E-state index contributed by atoms with van der Waals surface area (Å²) in [6.07, 6.45) is 5.79. The summed E-state index contributed by atoms with van der Waals surface area (Å²) in [6, 6.07) is 31.3. The van der Waals surface area contributed by atoms with E-state index < -0.39 is 29.6 Å². The standard InChI is InChI=1S/C48H57N5O5/c1-48(2,3)43(52-47(57)58-30-32-13-5-4-6-14-32)46(56)53-29-36(28-42(53)45(55)51-41-22-12-18-35-16-8-10-20-38(35)41)33-25-23-31(24-26-33)27-39(49)44(54)50-40-21-11-17-34-15-7-9-19-37(34)40/h4-10,13-16,19-20,23-26,36,39-43H,11-12,17-18,21-22,27-30,49H2,1-3H3,(H,50,54)(H,51,55)(H,52,57)/t36-,39-,40+,41+,42-,43?/m0/s1. The second-order valence-corrected chi connectivity index (χ2v) is 17.3. The van der Waals surface area contributed by atoms with Gasteiger partial charge in [-0.1, -0.05) is 124 Å². The minimum absolute atomic E-state index is 0.0371. The largest absolute Gasteiger partial charge is 0.445 e. The molecule has 4 amide bonds. The molecule has 4 aromatic carbocycles. The molecule has 10 heteroatoms. The number of amides is 4. The van der Waals surface area contributed by atoms with Gasteiger partial charge in [-0.25, -0.2) is 4.79 Å². The molecule has 1 unspecified atom stereocenters. The molecule has 1 saturated heterocycles. The lowest BCUT2D eigenvalue weighted by molar-refractivity contribution is -0.142. The van der Waals surface area contributed by atoms with Crippen LogP contribution in [0.25, 0.3) is 0 Å². The molecular formula is C48H57N5O5. The van der Waals surface area contributed by atoms with Crippen molar-refractivity contribution in [2.45, 2.75) is 115 Å². The highest BCUT2D eigenvalue weighted by Crippen LogP contribution is 2.36. The van der Waals surface area contributed by atoms with Gasteiger partial charge in [0.15, 0.2) is 0 Å². The number of likely N-dealkylation sites (tertiary alicyclic amines) is 1. The number of alkyl carbamates (subject to hydrolysis) is 1. The van der Waals surface area contributed by atoms with Crippen LogP contribution in [0.1, 0.15) is 110 Å². The van der Waals surface area contributed by atoms with Crippen LogP contribution in [0.3, 0.4) is 0 Å². The Labute approximate surface area is 342 Å². The molecular weight excluding hydrogens is 727 g/mol. The van der Waals surface area contributed by atoms with Crippen LogP contribution in [0, 0.1) is 5.41 Å². The second-order valence-electron chi connectivity index (χ2n) is 17.3. The van der Waals surface area contributed by atoms with Gasteiger partial charge in [-0.15, -0.1) is 0 Å². The third-order valence-electron chi connectivity index (χ3n) is 12.1. The maximum Gasteiger partial charge on any atom is 0.408 e. The van der Waals surface area contributed by atoms with E-state index in [2.05, 4.69) is 40.2 Å². The average Bonchev–Trinajstić information content (AvgIpc) is 3.68. The van der Waals surface area contributed by atoms with E-state index in [1.165, 1.54) is 16.7 Å². The molecule has 6 atom stereocenters. The van der Waals surface area contributed by atoms with Gasteiger partial charge in [0.1, 0.15) is 18.7 Å². The molecule has 0 aromatic heterocycles. The first-order valence-electron chi connectivity index (χ1n) is 20.8. The van der Waals surface area contributed by atoms with Crippen molar-refractivity contribution in [3.8, 4) is 0 Å². The third kappa shape index (κ3) is 9.61. The van der Waals surface area contributed by atoms with E-state index in [0.717, 1.165) is 60.8 Å². The van der Waals surface area contributed by atoms with Crippen molar-refractivity contribution in [3.05, 3.63) is 142 Å². The number of hydrogen-bond acceptors (Lipinski definition) is 6. The van der Waals surface area contributed by atoms with Gasteiger partial charge in [0.2, 0.25) is 17.7 Å². The Bertz CT molecular complexity index is 2080. The first-order chi connectivity index (χ1) is 27.9. The Morgan fingerprint density at radius 2 is 1.34 bits per heavy atom. The third-order valence-corrected chi connectivity index (χ3v) is 12.1. The second kappa shape index (κ2) is 18.0. The smallest absolute Gasteiger partial charge is 0.408 e. The van der Waals surface area contributed by atoms with E-state index in [0.29, 0.717) is 19.4 Å². The molecule has 1 fully saturated rings. The monoisotopic (exact) mass is 783 g/mol. The predicted molar refractivity (Wildman–Crippen MR) is 225 cm³/mol. The van der Waals surface area contributed by atoms with Crippen molar-refractivity contribution < 1.29 is 23.9 Å². The summed E-state index contributed by atoms with van der Waals surface area (Å²) >= 11 is 0. The summed E-state index contributed by atoms with van der Waals surface area (Å²) in [5, 5.41) is 9.35. The minimum atomic E-state index is -0.947. The van der Waals surface area contributed by atoms with Crippen LogP contribution in [0.4, 0.5) is 4.79 Å². The van der Waals surface area contributed by atoms with Gasteiger partial charge < -0.3 is 31.3 Å². The molecule has 7 rings (SSSR count). The highest BCUT2D eigenvalue weighted by molar-refractivity contribution is 5.93. The molecule has 0 spiro atoms. The number of nitrogens with one attached hydrogen (secondary N) is 3. The van der Waals surface area contributed by atoms with Crippen molar-refractivity contribution in [1.29, 1.82) is 0 Å². The summed E-state index contributed by atoms with van der Waals surface area (Å²) in [7, 11) is 0. The molecule has 58 heavy (non-hydrogen) atoms. The lowest BCUT2D eigenvalue weighted by atomic mass is 9.85. The number of carbonyl (C=O) groups is 4. The van der Waals surface area contributed by atoms with Crippen molar-refractivity contribution in [1.82, 2.24) is 20.9 Å². The van der Waals surface area contributed by atoms with Crippen LogP contribution in [0.2, 0.25) is 0 Å². The van der Waals surface area contributed by atoms with Crippen molar-refractivity contribution in [3.63, 3.8) is 0 Å². The lowest BCUT2D eigenvalue weighted by Crippen LogP contribution is -2.58.